The Hall–Kier alpha value is -1.86. The van der Waals surface area contributed by atoms with E-state index in [1.807, 2.05) is 6.92 Å². The van der Waals surface area contributed by atoms with E-state index < -0.39 is 10.0 Å². The number of rotatable bonds is 5. The first-order valence-electron chi connectivity index (χ1n) is 6.00. The number of nitrogens with two attached hydrogens (primary N) is 2. The number of hydrogen-bond acceptors (Lipinski definition) is 3. The van der Waals surface area contributed by atoms with Crippen LogP contribution in [-0.2, 0) is 16.6 Å². The Morgan fingerprint density at radius 3 is 2.60 bits per heavy atom. The number of nitrogens with zero attached hydrogens (tertiary/aromatic N) is 1. The third-order valence-corrected chi connectivity index (χ3v) is 3.62. The standard InChI is InChI=1S/C13H20N4O2S/c1-9(2)7-16-13(14)17-8-11-4-5-12(10(3)6-11)20(15,18)19/h4-6H,1,7-8H2,2-3H3,(H3,14,16,17)(H2,15,18,19). The van der Waals surface area contributed by atoms with Crippen LogP contribution in [0.1, 0.15) is 18.1 Å². The number of primary sulfonamides is 1. The molecule has 0 unspecified atom stereocenters. The molecular formula is C13H20N4O2S. The lowest BCUT2D eigenvalue weighted by atomic mass is 10.1. The Bertz CT molecular complexity index is 636. The highest BCUT2D eigenvalue weighted by atomic mass is 32.2. The first-order valence-corrected chi connectivity index (χ1v) is 7.55. The maximum Gasteiger partial charge on any atom is 0.238 e. The number of hydrogen-bond donors (Lipinski definition) is 3. The number of sulfonamides is 1. The quantitative estimate of drug-likeness (QED) is 0.420. The first kappa shape index (κ1) is 16.2. The lowest BCUT2D eigenvalue weighted by molar-refractivity contribution is 0.597. The van der Waals surface area contributed by atoms with Crippen LogP contribution in [0.2, 0.25) is 0 Å². The molecule has 0 heterocycles. The number of aliphatic imine (C=N–C) groups is 1. The topological polar surface area (TPSA) is 111 Å². The van der Waals surface area contributed by atoms with Gasteiger partial charge in [-0.3, -0.25) is 0 Å². The van der Waals surface area contributed by atoms with Crippen molar-refractivity contribution in [1.29, 1.82) is 0 Å². The average Bonchev–Trinajstić information content (AvgIpc) is 2.32. The zero-order chi connectivity index (χ0) is 15.3. The molecule has 0 aliphatic carbocycles. The number of guanidine groups is 1. The van der Waals surface area contributed by atoms with E-state index in [2.05, 4.69) is 16.9 Å². The molecule has 0 aromatic heterocycles. The van der Waals surface area contributed by atoms with Crippen molar-refractivity contribution in [3.8, 4) is 0 Å². The minimum atomic E-state index is -3.68. The third kappa shape index (κ3) is 5.02. The lowest BCUT2D eigenvalue weighted by Gasteiger charge is -2.07. The van der Waals surface area contributed by atoms with Crippen molar-refractivity contribution in [2.24, 2.45) is 15.9 Å². The number of aryl methyl sites for hydroxylation is 1. The van der Waals surface area contributed by atoms with Gasteiger partial charge >= 0.3 is 0 Å². The Morgan fingerprint density at radius 1 is 1.45 bits per heavy atom. The highest BCUT2D eigenvalue weighted by molar-refractivity contribution is 7.89. The van der Waals surface area contributed by atoms with Gasteiger partial charge in [0.2, 0.25) is 10.0 Å². The maximum absolute atomic E-state index is 11.3. The molecule has 0 amide bonds. The summed E-state index contributed by atoms with van der Waals surface area (Å²) in [6.45, 7) is 8.25. The van der Waals surface area contributed by atoms with Gasteiger partial charge in [0.1, 0.15) is 0 Å². The van der Waals surface area contributed by atoms with Gasteiger partial charge < -0.3 is 11.1 Å². The van der Waals surface area contributed by atoms with Crippen LogP contribution in [0.4, 0.5) is 0 Å². The number of benzene rings is 1. The summed E-state index contributed by atoms with van der Waals surface area (Å²) in [6, 6.07) is 4.88. The maximum atomic E-state index is 11.3. The highest BCUT2D eigenvalue weighted by Crippen LogP contribution is 2.15. The molecule has 0 aliphatic heterocycles. The normalized spacial score (nSPS) is 12.2. The van der Waals surface area contributed by atoms with Gasteiger partial charge in [0.15, 0.2) is 5.96 Å². The van der Waals surface area contributed by atoms with Crippen LogP contribution in [0.3, 0.4) is 0 Å². The molecule has 0 bridgehead atoms. The van der Waals surface area contributed by atoms with Crippen molar-refractivity contribution in [1.82, 2.24) is 5.32 Å². The minimum Gasteiger partial charge on any atom is -0.370 e. The molecule has 1 rings (SSSR count). The molecule has 20 heavy (non-hydrogen) atoms. The Balaban J connectivity index is 2.78. The van der Waals surface area contributed by atoms with E-state index in [-0.39, 0.29) is 4.90 Å². The van der Waals surface area contributed by atoms with Gasteiger partial charge in [0, 0.05) is 6.54 Å². The van der Waals surface area contributed by atoms with E-state index >= 15 is 0 Å². The summed E-state index contributed by atoms with van der Waals surface area (Å²) in [5.41, 5.74) is 8.09. The van der Waals surface area contributed by atoms with Crippen LogP contribution in [0.15, 0.2) is 40.2 Å². The van der Waals surface area contributed by atoms with Gasteiger partial charge in [-0.05, 0) is 31.0 Å². The zero-order valence-corrected chi connectivity index (χ0v) is 12.5. The van der Waals surface area contributed by atoms with E-state index in [4.69, 9.17) is 10.9 Å². The summed E-state index contributed by atoms with van der Waals surface area (Å²) in [7, 11) is -3.68. The fourth-order valence-corrected chi connectivity index (χ4v) is 2.37. The Morgan fingerprint density at radius 2 is 2.10 bits per heavy atom. The Labute approximate surface area is 119 Å². The Kier molecular flexibility index (Phi) is 5.29. The summed E-state index contributed by atoms with van der Waals surface area (Å²) in [6.07, 6.45) is 0. The summed E-state index contributed by atoms with van der Waals surface area (Å²) in [4.78, 5) is 4.28. The second-order valence-electron chi connectivity index (χ2n) is 4.66. The van der Waals surface area contributed by atoms with Crippen molar-refractivity contribution in [2.45, 2.75) is 25.3 Å². The van der Waals surface area contributed by atoms with Gasteiger partial charge in [-0.25, -0.2) is 18.5 Å². The summed E-state index contributed by atoms with van der Waals surface area (Å²) in [5, 5.41) is 8.02. The molecule has 0 saturated carbocycles. The first-order chi connectivity index (χ1) is 9.20. The van der Waals surface area contributed by atoms with Crippen molar-refractivity contribution in [3.63, 3.8) is 0 Å². The summed E-state index contributed by atoms with van der Waals surface area (Å²) < 4.78 is 22.6. The van der Waals surface area contributed by atoms with Gasteiger partial charge in [0.25, 0.3) is 0 Å². The monoisotopic (exact) mass is 296 g/mol. The van der Waals surface area contributed by atoms with Crippen molar-refractivity contribution >= 4 is 16.0 Å². The largest absolute Gasteiger partial charge is 0.370 e. The molecule has 0 saturated heterocycles. The predicted octanol–water partition coefficient (Wildman–Crippen LogP) is 0.623. The molecule has 0 atom stereocenters. The van der Waals surface area contributed by atoms with Gasteiger partial charge in [-0.1, -0.05) is 24.3 Å². The second-order valence-corrected chi connectivity index (χ2v) is 6.19. The second kappa shape index (κ2) is 6.53. The van der Waals surface area contributed by atoms with Crippen LogP contribution < -0.4 is 16.2 Å². The summed E-state index contributed by atoms with van der Waals surface area (Å²) >= 11 is 0. The SMILES string of the molecule is C=C(C)CNC(N)=NCc1ccc(S(N)(=O)=O)c(C)c1. The zero-order valence-electron chi connectivity index (χ0n) is 11.7. The van der Waals surface area contributed by atoms with E-state index in [1.165, 1.54) is 6.07 Å². The third-order valence-electron chi connectivity index (χ3n) is 2.55. The van der Waals surface area contributed by atoms with Crippen LogP contribution in [0.5, 0.6) is 0 Å². The van der Waals surface area contributed by atoms with Crippen LogP contribution >= 0.6 is 0 Å². The average molecular weight is 296 g/mol. The molecule has 110 valence electrons. The molecule has 0 radical (unpaired) electrons. The molecule has 0 fully saturated rings. The fourth-order valence-electron chi connectivity index (χ4n) is 1.60. The van der Waals surface area contributed by atoms with Gasteiger partial charge in [-0.15, -0.1) is 0 Å². The van der Waals surface area contributed by atoms with Crippen LogP contribution in [0, 0.1) is 6.92 Å². The van der Waals surface area contributed by atoms with Crippen molar-refractivity contribution in [2.75, 3.05) is 6.54 Å². The van der Waals surface area contributed by atoms with Crippen molar-refractivity contribution < 1.29 is 8.42 Å². The van der Waals surface area contributed by atoms with Crippen LogP contribution in [-0.4, -0.2) is 20.9 Å². The molecule has 1 aromatic carbocycles. The molecule has 0 spiro atoms. The van der Waals surface area contributed by atoms with Crippen LogP contribution in [0.25, 0.3) is 0 Å². The molecule has 6 nitrogen and oxygen atoms in total. The minimum absolute atomic E-state index is 0.124. The molecule has 7 heteroatoms. The smallest absolute Gasteiger partial charge is 0.238 e. The van der Waals surface area contributed by atoms with E-state index in [0.29, 0.717) is 24.6 Å². The van der Waals surface area contributed by atoms with E-state index in [0.717, 1.165) is 11.1 Å². The molecule has 1 aromatic rings. The molecule has 5 N–H and O–H groups in total. The number of nitrogens with one attached hydrogen (secondary N) is 1. The lowest BCUT2D eigenvalue weighted by Crippen LogP contribution is -2.32. The van der Waals surface area contributed by atoms with Gasteiger partial charge in [-0.2, -0.15) is 0 Å². The van der Waals surface area contributed by atoms with Crippen molar-refractivity contribution in [3.05, 3.63) is 41.5 Å². The van der Waals surface area contributed by atoms with E-state index in [1.54, 1.807) is 19.1 Å². The molecular weight excluding hydrogens is 276 g/mol. The van der Waals surface area contributed by atoms with E-state index in [9.17, 15) is 8.42 Å². The fraction of sp³-hybridized carbons (Fsp3) is 0.308. The highest BCUT2D eigenvalue weighted by Gasteiger charge is 2.11. The van der Waals surface area contributed by atoms with Gasteiger partial charge in [0.05, 0.1) is 11.4 Å². The summed E-state index contributed by atoms with van der Waals surface area (Å²) in [5.74, 6) is 0.321. The predicted molar refractivity (Wildman–Crippen MR) is 80.7 cm³/mol. The molecule has 0 aliphatic rings.